The van der Waals surface area contributed by atoms with E-state index < -0.39 is 6.61 Å². The second-order valence-electron chi connectivity index (χ2n) is 4.78. The van der Waals surface area contributed by atoms with E-state index in [0.717, 1.165) is 23.4 Å². The number of ether oxygens (including phenoxy) is 1. The second-order valence-corrected chi connectivity index (χ2v) is 5.86. The molecule has 0 aliphatic heterocycles. The molecule has 1 aromatic heterocycles. The van der Waals surface area contributed by atoms with E-state index in [9.17, 15) is 13.6 Å². The van der Waals surface area contributed by atoms with E-state index in [0.29, 0.717) is 11.4 Å². The highest BCUT2D eigenvalue weighted by atomic mass is 32.1. The third-order valence-electron chi connectivity index (χ3n) is 3.08. The summed E-state index contributed by atoms with van der Waals surface area (Å²) in [7, 11) is 1.87. The molecule has 1 heterocycles. The Hall–Kier alpha value is -1.99. The van der Waals surface area contributed by atoms with Crippen molar-refractivity contribution in [3.8, 4) is 16.2 Å². The summed E-state index contributed by atoms with van der Waals surface area (Å²) in [4.78, 5) is 13.5. The van der Waals surface area contributed by atoms with Gasteiger partial charge in [-0.05, 0) is 62.0 Å². The largest absolute Gasteiger partial charge is 0.435 e. The minimum atomic E-state index is -2.83. The lowest BCUT2D eigenvalue weighted by Crippen LogP contribution is -2.25. The van der Waals surface area contributed by atoms with E-state index >= 15 is 0 Å². The standard InChI is InChI=1S/C16H18F2N2O2S/c1-19-9-2-10-20-15(21)14-8-7-13(23-14)11-3-5-12(6-4-11)22-16(17)18/h3-8,16,19H,2,9-10H2,1H3,(H,20,21). The quantitative estimate of drug-likeness (QED) is 0.725. The number of hydrogen-bond donors (Lipinski definition) is 2. The van der Waals surface area contributed by atoms with Crippen molar-refractivity contribution in [1.82, 2.24) is 10.6 Å². The lowest BCUT2D eigenvalue weighted by atomic mass is 10.2. The number of thiophene rings is 1. The van der Waals surface area contributed by atoms with Crippen LogP contribution in [-0.4, -0.2) is 32.7 Å². The highest BCUT2D eigenvalue weighted by Gasteiger charge is 2.10. The zero-order valence-corrected chi connectivity index (χ0v) is 13.5. The maximum absolute atomic E-state index is 12.1. The zero-order valence-electron chi connectivity index (χ0n) is 12.6. The van der Waals surface area contributed by atoms with Gasteiger partial charge in [0.25, 0.3) is 5.91 Å². The molecular weight excluding hydrogens is 322 g/mol. The molecular formula is C16H18F2N2O2S. The van der Waals surface area contributed by atoms with Gasteiger partial charge in [-0.15, -0.1) is 11.3 Å². The zero-order chi connectivity index (χ0) is 16.7. The van der Waals surface area contributed by atoms with E-state index in [1.54, 1.807) is 18.2 Å². The van der Waals surface area contributed by atoms with Crippen molar-refractivity contribution in [3.05, 3.63) is 41.3 Å². The molecule has 0 aliphatic rings. The molecule has 0 atom stereocenters. The predicted molar refractivity (Wildman–Crippen MR) is 87.3 cm³/mol. The van der Waals surface area contributed by atoms with Crippen LogP contribution in [0.5, 0.6) is 5.75 Å². The topological polar surface area (TPSA) is 50.4 Å². The molecule has 0 aliphatic carbocycles. The molecule has 0 radical (unpaired) electrons. The van der Waals surface area contributed by atoms with Gasteiger partial charge in [0.15, 0.2) is 0 Å². The lowest BCUT2D eigenvalue weighted by molar-refractivity contribution is -0.0498. The van der Waals surface area contributed by atoms with Crippen molar-refractivity contribution in [1.29, 1.82) is 0 Å². The van der Waals surface area contributed by atoms with Gasteiger partial charge < -0.3 is 15.4 Å². The fraction of sp³-hybridized carbons (Fsp3) is 0.312. The molecule has 23 heavy (non-hydrogen) atoms. The number of hydrogen-bond acceptors (Lipinski definition) is 4. The van der Waals surface area contributed by atoms with Crippen molar-refractivity contribution < 1.29 is 18.3 Å². The summed E-state index contributed by atoms with van der Waals surface area (Å²) in [5.41, 5.74) is 0.853. The molecule has 0 fully saturated rings. The third kappa shape index (κ3) is 5.30. The van der Waals surface area contributed by atoms with Crippen LogP contribution in [0.3, 0.4) is 0 Å². The number of halogens is 2. The van der Waals surface area contributed by atoms with Crippen LogP contribution in [0.4, 0.5) is 8.78 Å². The average Bonchev–Trinajstić information content (AvgIpc) is 3.01. The van der Waals surface area contributed by atoms with Crippen molar-refractivity contribution in [3.63, 3.8) is 0 Å². The Morgan fingerprint density at radius 3 is 2.57 bits per heavy atom. The van der Waals surface area contributed by atoms with E-state index in [2.05, 4.69) is 15.4 Å². The molecule has 0 saturated heterocycles. The molecule has 4 nitrogen and oxygen atoms in total. The monoisotopic (exact) mass is 340 g/mol. The van der Waals surface area contributed by atoms with E-state index in [-0.39, 0.29) is 11.7 Å². The molecule has 0 bridgehead atoms. The van der Waals surface area contributed by atoms with Gasteiger partial charge in [0.2, 0.25) is 0 Å². The lowest BCUT2D eigenvalue weighted by Gasteiger charge is -2.05. The van der Waals surface area contributed by atoms with Gasteiger partial charge >= 0.3 is 6.61 Å². The Labute approximate surface area is 137 Å². The Kier molecular flexibility index (Phi) is 6.49. The second kappa shape index (κ2) is 8.59. The fourth-order valence-corrected chi connectivity index (χ4v) is 2.90. The minimum Gasteiger partial charge on any atom is -0.435 e. The van der Waals surface area contributed by atoms with Crippen LogP contribution in [0.2, 0.25) is 0 Å². The van der Waals surface area contributed by atoms with Crippen molar-refractivity contribution >= 4 is 17.2 Å². The first-order valence-electron chi connectivity index (χ1n) is 7.18. The molecule has 2 rings (SSSR count). The Morgan fingerprint density at radius 2 is 1.91 bits per heavy atom. The summed E-state index contributed by atoms with van der Waals surface area (Å²) in [6.07, 6.45) is 0.867. The first-order valence-corrected chi connectivity index (χ1v) is 7.99. The van der Waals surface area contributed by atoms with Crippen LogP contribution in [0.1, 0.15) is 16.1 Å². The summed E-state index contributed by atoms with van der Waals surface area (Å²) >= 11 is 1.36. The number of carbonyl (C=O) groups is 1. The molecule has 0 spiro atoms. The summed E-state index contributed by atoms with van der Waals surface area (Å²) in [5.74, 6) is 0.0119. The maximum Gasteiger partial charge on any atom is 0.387 e. The Balaban J connectivity index is 1.97. The van der Waals surface area contributed by atoms with Crippen LogP contribution in [-0.2, 0) is 0 Å². The highest BCUT2D eigenvalue weighted by Crippen LogP contribution is 2.29. The minimum absolute atomic E-state index is 0.102. The number of benzene rings is 1. The van der Waals surface area contributed by atoms with E-state index in [4.69, 9.17) is 0 Å². The Bertz CT molecular complexity index is 629. The average molecular weight is 340 g/mol. The highest BCUT2D eigenvalue weighted by molar-refractivity contribution is 7.17. The van der Waals surface area contributed by atoms with Gasteiger partial charge in [-0.1, -0.05) is 0 Å². The van der Waals surface area contributed by atoms with Crippen LogP contribution in [0.25, 0.3) is 10.4 Å². The fourth-order valence-electron chi connectivity index (χ4n) is 1.97. The first-order chi connectivity index (χ1) is 11.1. The molecule has 1 aromatic carbocycles. The number of nitrogens with one attached hydrogen (secondary N) is 2. The van der Waals surface area contributed by atoms with Gasteiger partial charge in [0.05, 0.1) is 4.88 Å². The van der Waals surface area contributed by atoms with Crippen molar-refractivity contribution in [2.45, 2.75) is 13.0 Å². The van der Waals surface area contributed by atoms with Crippen molar-refractivity contribution in [2.75, 3.05) is 20.1 Å². The summed E-state index contributed by atoms with van der Waals surface area (Å²) < 4.78 is 28.5. The van der Waals surface area contributed by atoms with Crippen molar-refractivity contribution in [2.24, 2.45) is 0 Å². The smallest absolute Gasteiger partial charge is 0.387 e. The Morgan fingerprint density at radius 1 is 1.17 bits per heavy atom. The predicted octanol–water partition coefficient (Wildman–Crippen LogP) is 3.36. The van der Waals surface area contributed by atoms with E-state index in [1.807, 2.05) is 13.1 Å². The summed E-state index contributed by atoms with van der Waals surface area (Å²) in [6, 6.07) is 9.96. The molecule has 7 heteroatoms. The number of rotatable bonds is 8. The molecule has 2 N–H and O–H groups in total. The SMILES string of the molecule is CNCCCNC(=O)c1ccc(-c2ccc(OC(F)F)cc2)s1. The van der Waals surface area contributed by atoms with Crippen LogP contribution in [0, 0.1) is 0 Å². The van der Waals surface area contributed by atoms with Gasteiger partial charge in [-0.2, -0.15) is 8.78 Å². The molecule has 124 valence electrons. The molecule has 0 saturated carbocycles. The molecule has 1 amide bonds. The third-order valence-corrected chi connectivity index (χ3v) is 4.22. The van der Waals surface area contributed by atoms with Gasteiger partial charge in [-0.3, -0.25) is 4.79 Å². The van der Waals surface area contributed by atoms with Gasteiger partial charge in [0, 0.05) is 11.4 Å². The number of carbonyl (C=O) groups excluding carboxylic acids is 1. The van der Waals surface area contributed by atoms with Crippen LogP contribution >= 0.6 is 11.3 Å². The molecule has 0 unspecified atom stereocenters. The summed E-state index contributed by atoms with van der Waals surface area (Å²) in [5, 5.41) is 5.87. The first kappa shape index (κ1) is 17.4. The van der Waals surface area contributed by atoms with E-state index in [1.165, 1.54) is 23.5 Å². The van der Waals surface area contributed by atoms with Crippen LogP contribution < -0.4 is 15.4 Å². The summed E-state index contributed by atoms with van der Waals surface area (Å²) in [6.45, 7) is -1.36. The van der Waals surface area contributed by atoms with Crippen LogP contribution in [0.15, 0.2) is 36.4 Å². The molecule has 2 aromatic rings. The number of alkyl halides is 2. The van der Waals surface area contributed by atoms with Gasteiger partial charge in [0.1, 0.15) is 5.75 Å². The number of amides is 1. The normalized spacial score (nSPS) is 10.8. The maximum atomic E-state index is 12.1. The van der Waals surface area contributed by atoms with Gasteiger partial charge in [-0.25, -0.2) is 0 Å².